The molecule has 0 heterocycles. The van der Waals surface area contributed by atoms with Gasteiger partial charge in [-0.25, -0.2) is 0 Å². The van der Waals surface area contributed by atoms with Crippen molar-refractivity contribution in [1.29, 1.82) is 0 Å². The molecule has 1 amide bonds. The van der Waals surface area contributed by atoms with Crippen LogP contribution in [0.3, 0.4) is 0 Å². The molecule has 0 spiro atoms. The van der Waals surface area contributed by atoms with Gasteiger partial charge in [0.1, 0.15) is 5.75 Å². The Balaban J connectivity index is 2.13. The predicted octanol–water partition coefficient (Wildman–Crippen LogP) is 4.60. The number of hydrogen-bond donors (Lipinski definition) is 3. The van der Waals surface area contributed by atoms with Gasteiger partial charge in [-0.1, -0.05) is 25.4 Å². The van der Waals surface area contributed by atoms with Crippen LogP contribution in [0.5, 0.6) is 5.75 Å². The molecule has 4 nitrogen and oxygen atoms in total. The molecular formula is C18H19ClN2O2S. The van der Waals surface area contributed by atoms with Crippen molar-refractivity contribution in [1.82, 2.24) is 5.32 Å². The summed E-state index contributed by atoms with van der Waals surface area (Å²) in [4.78, 5) is 12.2. The van der Waals surface area contributed by atoms with Crippen molar-refractivity contribution in [3.05, 3.63) is 58.1 Å². The zero-order valence-electron chi connectivity index (χ0n) is 13.7. The van der Waals surface area contributed by atoms with Gasteiger partial charge >= 0.3 is 0 Å². The maximum Gasteiger partial charge on any atom is 0.257 e. The summed E-state index contributed by atoms with van der Waals surface area (Å²) in [5, 5.41) is 16.3. The van der Waals surface area contributed by atoms with Crippen LogP contribution in [0.1, 0.15) is 41.3 Å². The molecule has 0 aliphatic rings. The smallest absolute Gasteiger partial charge is 0.257 e. The molecule has 2 aromatic rings. The highest BCUT2D eigenvalue weighted by Crippen LogP contribution is 2.31. The summed E-state index contributed by atoms with van der Waals surface area (Å²) < 4.78 is 0. The molecule has 0 radical (unpaired) electrons. The third-order valence-electron chi connectivity index (χ3n) is 3.57. The number of carbonyl (C=O) groups excluding carboxylic acids is 1. The van der Waals surface area contributed by atoms with E-state index in [2.05, 4.69) is 10.6 Å². The Hall–Kier alpha value is -2.11. The average Bonchev–Trinajstić information content (AvgIpc) is 2.50. The molecule has 6 heteroatoms. The standard InChI is InChI=1S/C18H19ClN2O2S/c1-10(2)14-9-16(22)11(3)8-15(14)20-18(24)21-17(23)12-4-6-13(19)7-5-12/h4-10,22H,1-3H3,(H2,20,21,23,24). The minimum atomic E-state index is -0.314. The van der Waals surface area contributed by atoms with Crippen LogP contribution < -0.4 is 10.6 Å². The summed E-state index contributed by atoms with van der Waals surface area (Å²) in [5.41, 5.74) is 2.88. The number of hydrogen-bond acceptors (Lipinski definition) is 3. The van der Waals surface area contributed by atoms with Gasteiger partial charge < -0.3 is 10.4 Å². The zero-order valence-corrected chi connectivity index (χ0v) is 15.3. The van der Waals surface area contributed by atoms with E-state index in [1.807, 2.05) is 19.9 Å². The number of rotatable bonds is 3. The number of benzene rings is 2. The lowest BCUT2D eigenvalue weighted by Gasteiger charge is -2.17. The highest BCUT2D eigenvalue weighted by atomic mass is 35.5. The van der Waals surface area contributed by atoms with Gasteiger partial charge in [0.2, 0.25) is 0 Å². The van der Waals surface area contributed by atoms with Crippen molar-refractivity contribution in [3.63, 3.8) is 0 Å². The van der Waals surface area contributed by atoms with Crippen LogP contribution in [0.15, 0.2) is 36.4 Å². The molecule has 0 aromatic heterocycles. The van der Waals surface area contributed by atoms with E-state index < -0.39 is 0 Å². The number of anilines is 1. The average molecular weight is 363 g/mol. The molecule has 0 atom stereocenters. The molecular weight excluding hydrogens is 344 g/mol. The van der Waals surface area contributed by atoms with Crippen LogP contribution in [0.25, 0.3) is 0 Å². The minimum absolute atomic E-state index is 0.189. The first-order valence-electron chi connectivity index (χ1n) is 7.49. The van der Waals surface area contributed by atoms with E-state index in [1.54, 1.807) is 37.3 Å². The van der Waals surface area contributed by atoms with E-state index in [1.165, 1.54) is 0 Å². The highest BCUT2D eigenvalue weighted by Gasteiger charge is 2.13. The zero-order chi connectivity index (χ0) is 17.9. The number of carbonyl (C=O) groups is 1. The summed E-state index contributed by atoms with van der Waals surface area (Å²) in [6.07, 6.45) is 0. The lowest BCUT2D eigenvalue weighted by molar-refractivity contribution is 0.0977. The number of nitrogens with one attached hydrogen (secondary N) is 2. The fraction of sp³-hybridized carbons (Fsp3) is 0.222. The van der Waals surface area contributed by atoms with Gasteiger partial charge in [0.25, 0.3) is 5.91 Å². The summed E-state index contributed by atoms with van der Waals surface area (Å²) in [7, 11) is 0. The number of halogens is 1. The summed E-state index contributed by atoms with van der Waals surface area (Å²) in [6.45, 7) is 5.84. The van der Waals surface area contributed by atoms with Crippen LogP contribution in [0.4, 0.5) is 5.69 Å². The van der Waals surface area contributed by atoms with Crippen LogP contribution in [-0.2, 0) is 0 Å². The number of aryl methyl sites for hydroxylation is 1. The number of phenols is 1. The maximum absolute atomic E-state index is 12.2. The van der Waals surface area contributed by atoms with Crippen LogP contribution >= 0.6 is 23.8 Å². The van der Waals surface area contributed by atoms with Gasteiger partial charge in [0, 0.05) is 16.3 Å². The third kappa shape index (κ3) is 4.46. The van der Waals surface area contributed by atoms with Crippen LogP contribution in [0, 0.1) is 6.92 Å². The molecule has 0 aliphatic heterocycles. The first-order chi connectivity index (χ1) is 11.3. The first-order valence-corrected chi connectivity index (χ1v) is 8.28. The second-order valence-electron chi connectivity index (χ2n) is 5.80. The lowest BCUT2D eigenvalue weighted by Crippen LogP contribution is -2.34. The van der Waals surface area contributed by atoms with E-state index in [4.69, 9.17) is 23.8 Å². The van der Waals surface area contributed by atoms with E-state index in [0.717, 1.165) is 16.8 Å². The lowest BCUT2D eigenvalue weighted by atomic mass is 9.98. The molecule has 0 bridgehead atoms. The number of thiocarbonyl (C=S) groups is 1. The molecule has 0 saturated heterocycles. The molecule has 3 N–H and O–H groups in total. The van der Waals surface area contributed by atoms with E-state index in [0.29, 0.717) is 10.6 Å². The van der Waals surface area contributed by atoms with Crippen molar-refractivity contribution in [2.75, 3.05) is 5.32 Å². The monoisotopic (exact) mass is 362 g/mol. The van der Waals surface area contributed by atoms with Crippen molar-refractivity contribution < 1.29 is 9.90 Å². The van der Waals surface area contributed by atoms with Gasteiger partial charge in [0.05, 0.1) is 0 Å². The summed E-state index contributed by atoms with van der Waals surface area (Å²) >= 11 is 11.0. The summed E-state index contributed by atoms with van der Waals surface area (Å²) in [6, 6.07) is 10.1. The molecule has 126 valence electrons. The van der Waals surface area contributed by atoms with Gasteiger partial charge in [0.15, 0.2) is 5.11 Å². The summed E-state index contributed by atoms with van der Waals surface area (Å²) in [5.74, 6) is 0.111. The quantitative estimate of drug-likeness (QED) is 0.551. The number of amides is 1. The van der Waals surface area contributed by atoms with Gasteiger partial charge in [-0.2, -0.15) is 0 Å². The van der Waals surface area contributed by atoms with Crippen LogP contribution in [-0.4, -0.2) is 16.1 Å². The van der Waals surface area contributed by atoms with Crippen molar-refractivity contribution in [2.24, 2.45) is 0 Å². The SMILES string of the molecule is Cc1cc(NC(=S)NC(=O)c2ccc(Cl)cc2)c(C(C)C)cc1O. The molecule has 0 saturated carbocycles. The Morgan fingerprint density at radius 2 is 1.83 bits per heavy atom. The van der Waals surface area contributed by atoms with Gasteiger partial charge in [-0.05, 0) is 72.6 Å². The Morgan fingerprint density at radius 3 is 2.42 bits per heavy atom. The second kappa shape index (κ2) is 7.64. The highest BCUT2D eigenvalue weighted by molar-refractivity contribution is 7.80. The molecule has 0 fully saturated rings. The Bertz CT molecular complexity index is 773. The van der Waals surface area contributed by atoms with E-state index in [9.17, 15) is 9.90 Å². The van der Waals surface area contributed by atoms with Gasteiger partial charge in [-0.3, -0.25) is 10.1 Å². The van der Waals surface area contributed by atoms with Crippen molar-refractivity contribution >= 4 is 40.5 Å². The fourth-order valence-electron chi connectivity index (χ4n) is 2.23. The largest absolute Gasteiger partial charge is 0.508 e. The number of aromatic hydroxyl groups is 1. The van der Waals surface area contributed by atoms with E-state index >= 15 is 0 Å². The van der Waals surface area contributed by atoms with Gasteiger partial charge in [-0.15, -0.1) is 0 Å². The number of phenolic OH excluding ortho intramolecular Hbond substituents is 1. The first kappa shape index (κ1) is 18.2. The Labute approximate surface area is 151 Å². The van der Waals surface area contributed by atoms with Crippen molar-refractivity contribution in [3.8, 4) is 5.75 Å². The molecule has 24 heavy (non-hydrogen) atoms. The minimum Gasteiger partial charge on any atom is -0.508 e. The molecule has 0 aliphatic carbocycles. The molecule has 2 aromatic carbocycles. The molecule has 2 rings (SSSR count). The Kier molecular flexibility index (Phi) is 5.80. The third-order valence-corrected chi connectivity index (χ3v) is 4.03. The topological polar surface area (TPSA) is 61.4 Å². The van der Waals surface area contributed by atoms with E-state index in [-0.39, 0.29) is 22.7 Å². The normalized spacial score (nSPS) is 10.5. The fourth-order valence-corrected chi connectivity index (χ4v) is 2.56. The van der Waals surface area contributed by atoms with Crippen molar-refractivity contribution in [2.45, 2.75) is 26.7 Å². The Morgan fingerprint density at radius 1 is 1.21 bits per heavy atom. The molecule has 0 unspecified atom stereocenters. The second-order valence-corrected chi connectivity index (χ2v) is 6.64. The maximum atomic E-state index is 12.2. The predicted molar refractivity (Wildman–Crippen MR) is 102 cm³/mol. The van der Waals surface area contributed by atoms with Crippen LogP contribution in [0.2, 0.25) is 5.02 Å².